The number of aliphatic hydroxyl groups is 2. The molecule has 6 unspecified atom stereocenters. The topological polar surface area (TPSA) is 175 Å². The summed E-state index contributed by atoms with van der Waals surface area (Å²) in [6, 6.07) is 0. The summed E-state index contributed by atoms with van der Waals surface area (Å²) in [6.45, 7) is 5.49. The summed E-state index contributed by atoms with van der Waals surface area (Å²) in [5.41, 5.74) is 0. The molecular formula is C65H96O12. The third kappa shape index (κ3) is 41.2. The molecule has 0 bridgehead atoms. The highest BCUT2D eigenvalue weighted by atomic mass is 16.7. The van der Waals surface area contributed by atoms with Crippen molar-refractivity contribution in [3.8, 4) is 0 Å². The molecule has 0 aromatic carbocycles. The van der Waals surface area contributed by atoms with E-state index < -0.39 is 67.3 Å². The Morgan fingerprint density at radius 1 is 0.442 bits per heavy atom. The van der Waals surface area contributed by atoms with Crippen LogP contribution in [0.1, 0.15) is 175 Å². The highest BCUT2D eigenvalue weighted by Gasteiger charge is 2.50. The van der Waals surface area contributed by atoms with Gasteiger partial charge in [-0.15, -0.1) is 0 Å². The van der Waals surface area contributed by atoms with Crippen LogP contribution in [0.5, 0.6) is 0 Å². The number of ether oxygens (including phenoxy) is 5. The Labute approximate surface area is 463 Å². The van der Waals surface area contributed by atoms with Gasteiger partial charge in [0.25, 0.3) is 0 Å². The van der Waals surface area contributed by atoms with Crippen LogP contribution in [0.25, 0.3) is 0 Å². The Bertz CT molecular complexity index is 1940. The fourth-order valence-electron chi connectivity index (χ4n) is 7.41. The number of aliphatic hydroxyl groups excluding tert-OH is 2. The predicted octanol–water partition coefficient (Wildman–Crippen LogP) is 14.6. The fourth-order valence-corrected chi connectivity index (χ4v) is 7.41. The van der Waals surface area contributed by atoms with Gasteiger partial charge < -0.3 is 39.0 Å². The zero-order valence-corrected chi connectivity index (χ0v) is 46.9. The quantitative estimate of drug-likeness (QED) is 0.0228. The molecule has 0 spiro atoms. The Morgan fingerprint density at radius 3 is 1.25 bits per heavy atom. The van der Waals surface area contributed by atoms with E-state index in [1.807, 2.05) is 30.4 Å². The van der Waals surface area contributed by atoms with Crippen LogP contribution in [0.3, 0.4) is 0 Å². The lowest BCUT2D eigenvalue weighted by Gasteiger charge is -2.40. The second-order valence-electron chi connectivity index (χ2n) is 18.5. The lowest BCUT2D eigenvalue weighted by atomic mass is 9.98. The van der Waals surface area contributed by atoms with Gasteiger partial charge in [-0.3, -0.25) is 14.4 Å². The van der Waals surface area contributed by atoms with Gasteiger partial charge in [0, 0.05) is 6.42 Å². The molecule has 12 nitrogen and oxygen atoms in total. The minimum Gasteiger partial charge on any atom is -0.479 e. The molecule has 1 fully saturated rings. The molecule has 1 heterocycles. The summed E-state index contributed by atoms with van der Waals surface area (Å²) >= 11 is 0. The molecule has 1 saturated heterocycles. The van der Waals surface area contributed by atoms with Gasteiger partial charge >= 0.3 is 23.9 Å². The molecule has 0 radical (unpaired) electrons. The zero-order valence-electron chi connectivity index (χ0n) is 46.9. The maximum absolute atomic E-state index is 13.1. The summed E-state index contributed by atoms with van der Waals surface area (Å²) in [7, 11) is 0. The Kier molecular flexibility index (Phi) is 46.0. The van der Waals surface area contributed by atoms with Gasteiger partial charge in [-0.25, -0.2) is 4.79 Å². The van der Waals surface area contributed by atoms with Gasteiger partial charge in [-0.2, -0.15) is 0 Å². The molecule has 0 aromatic rings. The van der Waals surface area contributed by atoms with Crippen molar-refractivity contribution in [3.63, 3.8) is 0 Å². The number of allylic oxidation sites excluding steroid dienone is 24. The molecule has 1 aliphatic rings. The first-order chi connectivity index (χ1) is 37.6. The molecule has 1 aliphatic heterocycles. The Morgan fingerprint density at radius 2 is 0.818 bits per heavy atom. The van der Waals surface area contributed by atoms with E-state index in [4.69, 9.17) is 23.7 Å². The maximum Gasteiger partial charge on any atom is 0.335 e. The van der Waals surface area contributed by atoms with Crippen molar-refractivity contribution in [2.24, 2.45) is 0 Å². The van der Waals surface area contributed by atoms with Crippen LogP contribution in [-0.4, -0.2) is 89.2 Å². The molecule has 0 aromatic heterocycles. The Balaban J connectivity index is 2.82. The molecule has 0 saturated carbocycles. The fraction of sp³-hybridized carbons (Fsp3) is 0.538. The molecule has 3 N–H and O–H groups in total. The third-order valence-electron chi connectivity index (χ3n) is 11.6. The third-order valence-corrected chi connectivity index (χ3v) is 11.6. The van der Waals surface area contributed by atoms with E-state index in [1.54, 1.807) is 18.2 Å². The minimum absolute atomic E-state index is 0.0916. The minimum atomic E-state index is -1.96. The highest BCUT2D eigenvalue weighted by Crippen LogP contribution is 2.26. The van der Waals surface area contributed by atoms with Crippen LogP contribution in [0, 0.1) is 0 Å². The van der Waals surface area contributed by atoms with Crippen molar-refractivity contribution in [3.05, 3.63) is 158 Å². The summed E-state index contributed by atoms with van der Waals surface area (Å²) < 4.78 is 28.1. The van der Waals surface area contributed by atoms with E-state index in [-0.39, 0.29) is 25.9 Å². The first-order valence-corrected chi connectivity index (χ1v) is 28.5. The summed E-state index contributed by atoms with van der Waals surface area (Å²) in [5.74, 6) is -3.50. The number of hydrogen-bond donors (Lipinski definition) is 3. The number of carbonyl (C=O) groups is 4. The number of carbonyl (C=O) groups excluding carboxylic acids is 3. The second kappa shape index (κ2) is 51.1. The van der Waals surface area contributed by atoms with Gasteiger partial charge in [-0.1, -0.05) is 211 Å². The van der Waals surface area contributed by atoms with E-state index >= 15 is 0 Å². The molecule has 6 atom stereocenters. The molecule has 0 aliphatic carbocycles. The van der Waals surface area contributed by atoms with Crippen molar-refractivity contribution in [1.82, 2.24) is 0 Å². The lowest BCUT2D eigenvalue weighted by Crippen LogP contribution is -2.61. The average molecular weight is 1070 g/mol. The zero-order chi connectivity index (χ0) is 56.1. The molecule has 1 rings (SSSR count). The van der Waals surface area contributed by atoms with E-state index in [1.165, 1.54) is 0 Å². The van der Waals surface area contributed by atoms with E-state index in [0.29, 0.717) is 19.3 Å². The van der Waals surface area contributed by atoms with Crippen LogP contribution < -0.4 is 0 Å². The molecule has 12 heteroatoms. The molecule has 428 valence electrons. The van der Waals surface area contributed by atoms with Crippen molar-refractivity contribution in [1.29, 1.82) is 0 Å². The van der Waals surface area contributed by atoms with Crippen molar-refractivity contribution in [2.45, 2.75) is 212 Å². The van der Waals surface area contributed by atoms with Crippen LogP contribution >= 0.6 is 0 Å². The van der Waals surface area contributed by atoms with Gasteiger partial charge in [-0.05, 0) is 103 Å². The number of esters is 3. The van der Waals surface area contributed by atoms with Crippen LogP contribution in [0.4, 0.5) is 0 Å². The van der Waals surface area contributed by atoms with Gasteiger partial charge in [0.2, 0.25) is 0 Å². The number of aliphatic carboxylic acids is 1. The van der Waals surface area contributed by atoms with E-state index in [2.05, 4.69) is 130 Å². The first kappa shape index (κ1) is 69.4. The maximum atomic E-state index is 13.1. The molecular weight excluding hydrogens is 973 g/mol. The van der Waals surface area contributed by atoms with Crippen molar-refractivity contribution < 1.29 is 58.2 Å². The monoisotopic (exact) mass is 1070 g/mol. The van der Waals surface area contributed by atoms with Gasteiger partial charge in [0.15, 0.2) is 24.6 Å². The largest absolute Gasteiger partial charge is 0.479 e. The number of carboxylic acid groups (broad SMARTS) is 1. The van der Waals surface area contributed by atoms with Crippen LogP contribution in [-0.2, 0) is 42.9 Å². The summed E-state index contributed by atoms with van der Waals surface area (Å²) in [5, 5.41) is 31.4. The van der Waals surface area contributed by atoms with Crippen LogP contribution in [0.15, 0.2) is 158 Å². The first-order valence-electron chi connectivity index (χ1n) is 28.5. The number of unbranched alkanes of at least 4 members (excludes halogenated alkanes) is 7. The number of rotatable bonds is 45. The van der Waals surface area contributed by atoms with Crippen molar-refractivity contribution in [2.75, 3.05) is 13.2 Å². The normalized spacial score (nSPS) is 19.2. The second-order valence-corrected chi connectivity index (χ2v) is 18.5. The highest BCUT2D eigenvalue weighted by molar-refractivity contribution is 5.74. The summed E-state index contributed by atoms with van der Waals surface area (Å²) in [4.78, 5) is 51.0. The van der Waals surface area contributed by atoms with Crippen LogP contribution in [0.2, 0.25) is 0 Å². The molecule has 77 heavy (non-hydrogen) atoms. The average Bonchev–Trinajstić information content (AvgIpc) is 3.43. The smallest absolute Gasteiger partial charge is 0.335 e. The van der Waals surface area contributed by atoms with Gasteiger partial charge in [0.1, 0.15) is 18.8 Å². The van der Waals surface area contributed by atoms with E-state index in [9.17, 15) is 34.5 Å². The number of carboxylic acids is 1. The van der Waals surface area contributed by atoms with E-state index in [0.717, 1.165) is 116 Å². The lowest BCUT2D eigenvalue weighted by molar-refractivity contribution is -0.301. The SMILES string of the molecule is CC/C=C\C/C=C\C/C=C\C/C=C\C/C=C\CC(=O)OC(COC(=O)CCCCCCCCC/C=C\C/C=C\C/C=C\CC)COC1OC(C(=O)O)C(O)C(O)C1OC(=O)C/C=C\C/C=C\C/C=C\C/C=C\C/C=C\CC. The molecule has 0 amide bonds. The van der Waals surface area contributed by atoms with Gasteiger partial charge in [0.05, 0.1) is 19.4 Å². The number of hydrogen-bond acceptors (Lipinski definition) is 11. The Hall–Kier alpha value is -5.66. The standard InChI is InChI=1S/C65H96O12/c1-4-7-10-13-16-19-22-25-28-29-32-33-36-39-42-45-48-51-57(66)73-54-56(75-58(67)52-49-46-43-40-37-34-30-26-23-20-17-14-11-8-5-2)55-74-65-63(61(70)60(69)62(77-65)64(71)72)76-59(68)53-50-47-44-41-38-35-31-27-24-21-18-15-12-9-6-3/h7-12,16-21,25-28,30-31,37-38,40-41,46-47,49-50,56,60-63,65,69-70H,4-6,13-15,22-24,29,32-36,39,42-45,48,51-55H2,1-3H3,(H,71,72)/b10-7-,11-8-,12-9-,19-16-,20-17-,21-18-,28-25-,30-26-,31-27-,40-37-,41-38-,49-46-,50-47-. The predicted molar refractivity (Wildman–Crippen MR) is 312 cm³/mol. The van der Waals surface area contributed by atoms with Crippen molar-refractivity contribution >= 4 is 23.9 Å². The summed E-state index contributed by atoms with van der Waals surface area (Å²) in [6.07, 6.45) is 62.7.